The van der Waals surface area contributed by atoms with Crippen molar-refractivity contribution >= 4 is 16.9 Å². The van der Waals surface area contributed by atoms with Crippen LogP contribution in [0.4, 0.5) is 4.79 Å². The van der Waals surface area contributed by atoms with Gasteiger partial charge in [-0.3, -0.25) is 9.58 Å². The van der Waals surface area contributed by atoms with Gasteiger partial charge in [0.05, 0.1) is 5.52 Å². The average molecular weight is 411 g/mol. The van der Waals surface area contributed by atoms with Crippen molar-refractivity contribution in [2.45, 2.75) is 78.2 Å². The third-order valence-electron chi connectivity index (χ3n) is 7.20. The van der Waals surface area contributed by atoms with Gasteiger partial charge in [-0.1, -0.05) is 32.4 Å². The third-order valence-corrected chi connectivity index (χ3v) is 7.20. The van der Waals surface area contributed by atoms with Crippen LogP contribution in [0, 0.1) is 0 Å². The first-order chi connectivity index (χ1) is 14.6. The van der Waals surface area contributed by atoms with E-state index in [1.165, 1.54) is 60.1 Å². The smallest absolute Gasteiger partial charge is 0.324 e. The molecule has 0 saturated carbocycles. The second kappa shape index (κ2) is 9.01. The van der Waals surface area contributed by atoms with Crippen LogP contribution in [0.15, 0.2) is 18.2 Å². The minimum absolute atomic E-state index is 0.00419. The second-order valence-corrected chi connectivity index (χ2v) is 8.90. The Morgan fingerprint density at radius 1 is 1.17 bits per heavy atom. The van der Waals surface area contributed by atoms with Gasteiger partial charge in [-0.15, -0.1) is 0 Å². The number of amides is 2. The molecule has 1 aliphatic carbocycles. The van der Waals surface area contributed by atoms with Gasteiger partial charge in [-0.2, -0.15) is 0 Å². The van der Waals surface area contributed by atoms with Gasteiger partial charge in [0, 0.05) is 36.1 Å². The fourth-order valence-electron chi connectivity index (χ4n) is 5.87. The zero-order valence-electron chi connectivity index (χ0n) is 19.2. The number of hydrogen-bond donors (Lipinski definition) is 1. The summed E-state index contributed by atoms with van der Waals surface area (Å²) in [6.45, 7) is 12.5. The van der Waals surface area contributed by atoms with Gasteiger partial charge in [0.25, 0.3) is 0 Å². The Balaban J connectivity index is 1.82. The molecule has 1 saturated heterocycles. The number of likely N-dealkylation sites (tertiary alicyclic amines) is 1. The highest BCUT2D eigenvalue weighted by molar-refractivity contribution is 5.93. The second-order valence-electron chi connectivity index (χ2n) is 8.90. The Morgan fingerprint density at radius 2 is 1.97 bits per heavy atom. The first kappa shape index (κ1) is 21.2. The summed E-state index contributed by atoms with van der Waals surface area (Å²) in [6.07, 6.45) is 6.96. The Kier molecular flexibility index (Phi) is 6.37. The fraction of sp³-hybridized carbons (Fsp3) is 0.640. The van der Waals surface area contributed by atoms with Gasteiger partial charge in [0.1, 0.15) is 0 Å². The van der Waals surface area contributed by atoms with Crippen molar-refractivity contribution < 1.29 is 4.79 Å². The van der Waals surface area contributed by atoms with E-state index in [9.17, 15) is 4.79 Å². The Hall–Kier alpha value is -2.01. The largest absolute Gasteiger partial charge is 0.336 e. The zero-order valence-corrected chi connectivity index (χ0v) is 19.2. The number of carbonyl (C=O) groups excluding carboxylic acids is 1. The van der Waals surface area contributed by atoms with Crippen molar-refractivity contribution in [3.8, 4) is 0 Å². The quantitative estimate of drug-likeness (QED) is 0.689. The van der Waals surface area contributed by atoms with E-state index in [0.29, 0.717) is 12.0 Å². The molecule has 5 heteroatoms. The minimum atomic E-state index is -0.00419. The molecule has 5 nitrogen and oxygen atoms in total. The van der Waals surface area contributed by atoms with Crippen molar-refractivity contribution in [2.75, 3.05) is 31.6 Å². The third kappa shape index (κ3) is 3.51. The molecule has 1 fully saturated rings. The lowest BCUT2D eigenvalue weighted by atomic mass is 9.74. The summed E-state index contributed by atoms with van der Waals surface area (Å²) >= 11 is 0. The van der Waals surface area contributed by atoms with Crippen molar-refractivity contribution in [3.63, 3.8) is 0 Å². The van der Waals surface area contributed by atoms with Crippen molar-refractivity contribution in [1.82, 2.24) is 14.5 Å². The van der Waals surface area contributed by atoms with Gasteiger partial charge < -0.3 is 4.90 Å². The maximum atomic E-state index is 12.9. The van der Waals surface area contributed by atoms with Gasteiger partial charge >= 0.3 is 6.03 Å². The predicted molar refractivity (Wildman–Crippen MR) is 125 cm³/mol. The van der Waals surface area contributed by atoms with Crippen LogP contribution in [0.1, 0.15) is 76.1 Å². The molecule has 164 valence electrons. The van der Waals surface area contributed by atoms with E-state index in [1.807, 2.05) is 18.7 Å². The molecule has 0 bridgehead atoms. The van der Waals surface area contributed by atoms with Gasteiger partial charge in [0.15, 0.2) is 0 Å². The summed E-state index contributed by atoms with van der Waals surface area (Å²) in [7, 11) is 0. The van der Waals surface area contributed by atoms with E-state index in [2.05, 4.69) is 47.0 Å². The molecule has 2 heterocycles. The lowest BCUT2D eigenvalue weighted by Gasteiger charge is -2.44. The van der Waals surface area contributed by atoms with E-state index in [1.54, 1.807) is 0 Å². The lowest BCUT2D eigenvalue weighted by Crippen LogP contribution is -2.47. The number of nitrogens with zero attached hydrogens (tertiary/aromatic N) is 3. The van der Waals surface area contributed by atoms with E-state index in [4.69, 9.17) is 0 Å². The highest BCUT2D eigenvalue weighted by atomic mass is 16.2. The summed E-state index contributed by atoms with van der Waals surface area (Å²) in [4.78, 5) is 17.5. The molecule has 1 aromatic heterocycles. The van der Waals surface area contributed by atoms with Crippen LogP contribution in [0.5, 0.6) is 0 Å². The summed E-state index contributed by atoms with van der Waals surface area (Å²) in [5.74, 6) is 0.616. The number of fused-ring (bicyclic) bond motifs is 2. The van der Waals surface area contributed by atoms with E-state index < -0.39 is 0 Å². The molecular weight excluding hydrogens is 372 g/mol. The topological polar surface area (TPSA) is 40.5 Å². The normalized spacial score (nSPS) is 20.9. The van der Waals surface area contributed by atoms with Crippen LogP contribution in [0.3, 0.4) is 0 Å². The average Bonchev–Trinajstić information content (AvgIpc) is 3.04. The van der Waals surface area contributed by atoms with E-state index in [-0.39, 0.29) is 6.03 Å². The first-order valence-corrected chi connectivity index (χ1v) is 12.1. The van der Waals surface area contributed by atoms with E-state index in [0.717, 1.165) is 32.4 Å². The van der Waals surface area contributed by atoms with Crippen molar-refractivity contribution in [1.29, 1.82) is 0 Å². The summed E-state index contributed by atoms with van der Waals surface area (Å²) < 4.78 is 2.12. The monoisotopic (exact) mass is 410 g/mol. The molecule has 1 aliphatic heterocycles. The molecule has 2 aliphatic rings. The molecule has 0 spiro atoms. The molecule has 2 atom stereocenters. The number of hydrogen-bond acceptors (Lipinski definition) is 2. The van der Waals surface area contributed by atoms with Crippen LogP contribution >= 0.6 is 0 Å². The van der Waals surface area contributed by atoms with Gasteiger partial charge in [0.2, 0.25) is 0 Å². The molecule has 4 rings (SSSR count). The number of piperidine rings is 1. The highest BCUT2D eigenvalue weighted by Crippen LogP contribution is 2.45. The Bertz CT molecular complexity index is 896. The lowest BCUT2D eigenvalue weighted by molar-refractivity contribution is 0.124. The van der Waals surface area contributed by atoms with Crippen LogP contribution in [-0.2, 0) is 12.8 Å². The number of rotatable bonds is 7. The molecule has 30 heavy (non-hydrogen) atoms. The maximum absolute atomic E-state index is 12.9. The Labute approximate surface area is 181 Å². The van der Waals surface area contributed by atoms with E-state index >= 15 is 0 Å². The summed E-state index contributed by atoms with van der Waals surface area (Å²) in [5, 5.41) is 1.42. The van der Waals surface area contributed by atoms with Gasteiger partial charge in [-0.05, 0) is 76.2 Å². The molecule has 2 amide bonds. The van der Waals surface area contributed by atoms with Crippen molar-refractivity contribution in [3.05, 3.63) is 35.0 Å². The molecule has 1 aromatic carbocycles. The number of carbonyl (C=O) groups is 1. The molecule has 2 aromatic rings. The first-order valence-electron chi connectivity index (χ1n) is 12.1. The maximum Gasteiger partial charge on any atom is 0.336 e. The van der Waals surface area contributed by atoms with Gasteiger partial charge in [-0.25, -0.2) is 10.2 Å². The van der Waals surface area contributed by atoms with Crippen LogP contribution in [0.2, 0.25) is 0 Å². The molecule has 1 N–H and O–H groups in total. The number of urea groups is 1. The van der Waals surface area contributed by atoms with Crippen LogP contribution < -0.4 is 5.43 Å². The fourth-order valence-corrected chi connectivity index (χ4v) is 5.87. The summed E-state index contributed by atoms with van der Waals surface area (Å²) in [6, 6.07) is 7.33. The van der Waals surface area contributed by atoms with Crippen LogP contribution in [0.25, 0.3) is 10.9 Å². The number of aromatic nitrogens is 1. The minimum Gasteiger partial charge on any atom is -0.324 e. The van der Waals surface area contributed by atoms with Crippen LogP contribution in [-0.4, -0.2) is 52.7 Å². The number of nitrogens with one attached hydrogen (secondary N) is 1. The standard InChI is InChI=1S/C25H38N4O/c1-5-11-21-20-17-23-18(13-10-16-28(23)15-6-2)19-12-9-14-22(24(19)20)29(21)26-25(30)27(7-3)8-4/h9,12,14,18,23H,5-8,10-11,13,15-17H2,1-4H3,(H,26,30)/t18-,23-/m1/s1. The zero-order chi connectivity index (χ0) is 21.3. The molecular formula is C25H38N4O. The molecule has 0 unspecified atom stereocenters. The predicted octanol–water partition coefficient (Wildman–Crippen LogP) is 5.11. The SMILES string of the molecule is CCCc1c2c3c(cccc3n1NC(=O)N(CC)CC)[C@H]1CCCN(CCC)[C@@H]1C2. The summed E-state index contributed by atoms with van der Waals surface area (Å²) in [5.41, 5.74) is 8.73. The number of benzene rings is 1. The Morgan fingerprint density at radius 3 is 2.67 bits per heavy atom. The van der Waals surface area contributed by atoms with Crippen molar-refractivity contribution in [2.24, 2.45) is 0 Å². The molecule has 0 radical (unpaired) electrons. The highest BCUT2D eigenvalue weighted by Gasteiger charge is 2.39.